The van der Waals surface area contributed by atoms with Crippen molar-refractivity contribution in [2.45, 2.75) is 40.0 Å². The highest BCUT2D eigenvalue weighted by molar-refractivity contribution is 6.03. The number of hydrogen-bond donors (Lipinski definition) is 2. The molecular weight excluding hydrogens is 324 g/mol. The van der Waals surface area contributed by atoms with E-state index in [4.69, 9.17) is 0 Å². The maximum absolute atomic E-state index is 12.5. The number of benzene rings is 2. The first-order valence-corrected chi connectivity index (χ1v) is 9.14. The van der Waals surface area contributed by atoms with E-state index in [1.807, 2.05) is 56.3 Å². The molecule has 2 amide bonds. The fourth-order valence-corrected chi connectivity index (χ4v) is 3.21. The van der Waals surface area contributed by atoms with Gasteiger partial charge >= 0.3 is 0 Å². The van der Waals surface area contributed by atoms with Crippen LogP contribution in [0.4, 0.5) is 11.4 Å². The topological polar surface area (TPSA) is 58.2 Å². The normalized spacial score (nSPS) is 18.5. The Hall–Kier alpha value is -2.62. The van der Waals surface area contributed by atoms with Crippen LogP contribution < -0.4 is 10.6 Å². The smallest absolute Gasteiger partial charge is 0.228 e. The van der Waals surface area contributed by atoms with E-state index in [2.05, 4.69) is 24.5 Å². The van der Waals surface area contributed by atoms with Crippen molar-refractivity contribution in [1.29, 1.82) is 0 Å². The Balaban J connectivity index is 1.62. The Morgan fingerprint density at radius 3 is 2.19 bits per heavy atom. The number of carbonyl (C=O) groups excluding carboxylic acids is 2. The first kappa shape index (κ1) is 18.2. The standard InChI is InChI=1S/C22H26N2O2/c1-13(2)16-7-5-6-8-19(16)23-21(25)17-12-18(17)22(26)24-20-11-14(3)9-10-15(20)4/h5-11,13,17-18H,12H2,1-4H3,(H,23,25)(H,24,26). The number of amides is 2. The van der Waals surface area contributed by atoms with Gasteiger partial charge in [-0.05, 0) is 55.0 Å². The molecule has 3 rings (SSSR count). The van der Waals surface area contributed by atoms with Crippen molar-refractivity contribution < 1.29 is 9.59 Å². The molecule has 1 saturated carbocycles. The predicted octanol–water partition coefficient (Wildman–Crippen LogP) is 4.64. The number of hydrogen-bond acceptors (Lipinski definition) is 2. The van der Waals surface area contributed by atoms with Gasteiger partial charge in [0.15, 0.2) is 0 Å². The summed E-state index contributed by atoms with van der Waals surface area (Å²) in [5, 5.41) is 5.98. The molecule has 0 aliphatic heterocycles. The Bertz CT molecular complexity index is 842. The minimum atomic E-state index is -0.250. The molecule has 0 heterocycles. The van der Waals surface area contributed by atoms with Crippen LogP contribution >= 0.6 is 0 Å². The lowest BCUT2D eigenvalue weighted by Crippen LogP contribution is -2.21. The molecule has 2 aromatic rings. The molecule has 4 nitrogen and oxygen atoms in total. The third-order valence-electron chi connectivity index (χ3n) is 4.96. The van der Waals surface area contributed by atoms with Crippen LogP contribution in [0.15, 0.2) is 42.5 Å². The summed E-state index contributed by atoms with van der Waals surface area (Å²) in [4.78, 5) is 25.0. The molecule has 1 fully saturated rings. The molecule has 2 unspecified atom stereocenters. The van der Waals surface area contributed by atoms with Gasteiger partial charge in [-0.15, -0.1) is 0 Å². The van der Waals surface area contributed by atoms with E-state index in [1.54, 1.807) is 0 Å². The van der Waals surface area contributed by atoms with Gasteiger partial charge in [0.2, 0.25) is 11.8 Å². The molecule has 0 saturated heterocycles. The van der Waals surface area contributed by atoms with Crippen LogP contribution in [0.25, 0.3) is 0 Å². The average Bonchev–Trinajstić information content (AvgIpc) is 3.39. The molecule has 2 aromatic carbocycles. The molecule has 2 atom stereocenters. The Kier molecular flexibility index (Phi) is 5.12. The van der Waals surface area contributed by atoms with E-state index in [-0.39, 0.29) is 23.7 Å². The fourth-order valence-electron chi connectivity index (χ4n) is 3.21. The minimum absolute atomic E-state index is 0.0702. The molecule has 136 valence electrons. The van der Waals surface area contributed by atoms with E-state index < -0.39 is 0 Å². The summed E-state index contributed by atoms with van der Waals surface area (Å²) < 4.78 is 0. The van der Waals surface area contributed by atoms with Crippen molar-refractivity contribution in [2.75, 3.05) is 10.6 Å². The third-order valence-corrected chi connectivity index (χ3v) is 4.96. The van der Waals surface area contributed by atoms with Crippen molar-refractivity contribution in [3.8, 4) is 0 Å². The molecule has 2 N–H and O–H groups in total. The van der Waals surface area contributed by atoms with Gasteiger partial charge in [0.05, 0.1) is 11.8 Å². The van der Waals surface area contributed by atoms with Crippen molar-refractivity contribution >= 4 is 23.2 Å². The number of carbonyl (C=O) groups is 2. The first-order valence-electron chi connectivity index (χ1n) is 9.14. The molecule has 4 heteroatoms. The van der Waals surface area contributed by atoms with Crippen LogP contribution in [0.3, 0.4) is 0 Å². The van der Waals surface area contributed by atoms with Crippen LogP contribution in [-0.2, 0) is 9.59 Å². The summed E-state index contributed by atoms with van der Waals surface area (Å²) >= 11 is 0. The van der Waals surface area contributed by atoms with E-state index in [1.165, 1.54) is 0 Å². The van der Waals surface area contributed by atoms with Gasteiger partial charge in [-0.1, -0.05) is 44.2 Å². The van der Waals surface area contributed by atoms with Crippen LogP contribution in [0.1, 0.15) is 42.9 Å². The van der Waals surface area contributed by atoms with Crippen LogP contribution in [-0.4, -0.2) is 11.8 Å². The molecule has 0 aromatic heterocycles. The molecule has 0 spiro atoms. The molecular formula is C22H26N2O2. The maximum atomic E-state index is 12.5. The van der Waals surface area contributed by atoms with E-state index >= 15 is 0 Å². The monoisotopic (exact) mass is 350 g/mol. The van der Waals surface area contributed by atoms with Gasteiger partial charge in [-0.2, -0.15) is 0 Å². The van der Waals surface area contributed by atoms with E-state index in [9.17, 15) is 9.59 Å². The van der Waals surface area contributed by atoms with Crippen molar-refractivity contribution in [1.82, 2.24) is 0 Å². The fraction of sp³-hybridized carbons (Fsp3) is 0.364. The second-order valence-electron chi connectivity index (χ2n) is 7.49. The number of aryl methyl sites for hydroxylation is 2. The second-order valence-corrected chi connectivity index (χ2v) is 7.49. The zero-order valence-electron chi connectivity index (χ0n) is 15.8. The van der Waals surface area contributed by atoms with E-state index in [0.717, 1.165) is 28.1 Å². The number of anilines is 2. The van der Waals surface area contributed by atoms with Crippen LogP contribution in [0.2, 0.25) is 0 Å². The van der Waals surface area contributed by atoms with Crippen LogP contribution in [0, 0.1) is 25.7 Å². The largest absolute Gasteiger partial charge is 0.326 e. The summed E-state index contributed by atoms with van der Waals surface area (Å²) in [6.45, 7) is 8.16. The number of nitrogens with one attached hydrogen (secondary N) is 2. The molecule has 1 aliphatic rings. The van der Waals surface area contributed by atoms with Crippen molar-refractivity contribution in [3.05, 3.63) is 59.2 Å². The molecule has 0 radical (unpaired) electrons. The summed E-state index contributed by atoms with van der Waals surface area (Å²) in [5.74, 6) is -0.314. The summed E-state index contributed by atoms with van der Waals surface area (Å²) in [7, 11) is 0. The second kappa shape index (κ2) is 7.32. The SMILES string of the molecule is Cc1ccc(C)c(NC(=O)C2CC2C(=O)Nc2ccccc2C(C)C)c1. The van der Waals surface area contributed by atoms with Gasteiger partial charge in [0.25, 0.3) is 0 Å². The number of para-hydroxylation sites is 1. The lowest BCUT2D eigenvalue weighted by molar-refractivity contribution is -0.122. The van der Waals surface area contributed by atoms with Gasteiger partial charge in [0, 0.05) is 11.4 Å². The lowest BCUT2D eigenvalue weighted by atomic mass is 10.0. The highest BCUT2D eigenvalue weighted by Crippen LogP contribution is 2.41. The molecule has 0 bridgehead atoms. The predicted molar refractivity (Wildman–Crippen MR) is 105 cm³/mol. The van der Waals surface area contributed by atoms with Gasteiger partial charge in [-0.3, -0.25) is 9.59 Å². The van der Waals surface area contributed by atoms with Crippen molar-refractivity contribution in [3.63, 3.8) is 0 Å². The summed E-state index contributed by atoms with van der Waals surface area (Å²) in [6.07, 6.45) is 0.604. The Labute approximate surface area is 155 Å². The highest BCUT2D eigenvalue weighted by atomic mass is 16.2. The molecule has 26 heavy (non-hydrogen) atoms. The highest BCUT2D eigenvalue weighted by Gasteiger charge is 2.48. The number of rotatable bonds is 5. The Morgan fingerprint density at radius 1 is 0.923 bits per heavy atom. The minimum Gasteiger partial charge on any atom is -0.326 e. The van der Waals surface area contributed by atoms with Crippen molar-refractivity contribution in [2.24, 2.45) is 11.8 Å². The van der Waals surface area contributed by atoms with Gasteiger partial charge in [-0.25, -0.2) is 0 Å². The zero-order chi connectivity index (χ0) is 18.8. The zero-order valence-corrected chi connectivity index (χ0v) is 15.8. The summed E-state index contributed by atoms with van der Waals surface area (Å²) in [5.41, 5.74) is 4.90. The van der Waals surface area contributed by atoms with Gasteiger partial charge in [0.1, 0.15) is 0 Å². The van der Waals surface area contributed by atoms with Gasteiger partial charge < -0.3 is 10.6 Å². The first-order chi connectivity index (χ1) is 12.4. The quantitative estimate of drug-likeness (QED) is 0.825. The summed E-state index contributed by atoms with van der Waals surface area (Å²) in [6, 6.07) is 13.8. The Morgan fingerprint density at radius 2 is 1.54 bits per heavy atom. The lowest BCUT2D eigenvalue weighted by Gasteiger charge is -2.13. The van der Waals surface area contributed by atoms with E-state index in [0.29, 0.717) is 12.3 Å². The average molecular weight is 350 g/mol. The maximum Gasteiger partial charge on any atom is 0.228 e. The third kappa shape index (κ3) is 3.96. The molecule has 1 aliphatic carbocycles. The van der Waals surface area contributed by atoms with Crippen LogP contribution in [0.5, 0.6) is 0 Å².